The van der Waals surface area contributed by atoms with Crippen LogP contribution in [0.2, 0.25) is 0 Å². The van der Waals surface area contributed by atoms with Gasteiger partial charge in [-0.25, -0.2) is 0 Å². The Kier molecular flexibility index (Phi) is 4.33. The molecule has 0 radical (unpaired) electrons. The molecule has 0 heterocycles. The molecule has 1 aliphatic carbocycles. The van der Waals surface area contributed by atoms with Gasteiger partial charge < -0.3 is 16.2 Å². The van der Waals surface area contributed by atoms with Crippen LogP contribution in [0.15, 0.2) is 0 Å². The summed E-state index contributed by atoms with van der Waals surface area (Å²) in [5, 5.41) is 12.5. The Morgan fingerprint density at radius 2 is 2.25 bits per heavy atom. The van der Waals surface area contributed by atoms with E-state index in [1.807, 2.05) is 20.8 Å². The molecule has 0 aliphatic heterocycles. The largest absolute Gasteiger partial charge is 0.392 e. The third kappa shape index (κ3) is 2.95. The fourth-order valence-corrected chi connectivity index (χ4v) is 1.91. The number of carbonyl (C=O) groups excluding carboxylic acids is 1. The summed E-state index contributed by atoms with van der Waals surface area (Å²) >= 11 is 0. The molecule has 0 bridgehead atoms. The average molecular weight is 228 g/mol. The lowest BCUT2D eigenvalue weighted by atomic mass is 9.64. The first-order valence-corrected chi connectivity index (χ1v) is 6.05. The lowest BCUT2D eigenvalue weighted by Crippen LogP contribution is -2.61. The summed E-state index contributed by atoms with van der Waals surface area (Å²) in [4.78, 5) is 11.6. The van der Waals surface area contributed by atoms with Gasteiger partial charge in [0.1, 0.15) is 0 Å². The molecule has 1 rings (SSSR count). The molecule has 4 N–H and O–H groups in total. The lowest BCUT2D eigenvalue weighted by Gasteiger charge is -2.49. The van der Waals surface area contributed by atoms with Crippen molar-refractivity contribution < 1.29 is 9.90 Å². The molecule has 4 heteroatoms. The van der Waals surface area contributed by atoms with E-state index < -0.39 is 0 Å². The van der Waals surface area contributed by atoms with E-state index in [9.17, 15) is 9.90 Å². The van der Waals surface area contributed by atoms with Crippen molar-refractivity contribution in [3.63, 3.8) is 0 Å². The van der Waals surface area contributed by atoms with E-state index in [1.54, 1.807) is 0 Å². The van der Waals surface area contributed by atoms with Gasteiger partial charge in [0.05, 0.1) is 6.10 Å². The summed E-state index contributed by atoms with van der Waals surface area (Å²) in [7, 11) is 0. The normalized spacial score (nSPS) is 29.3. The number of amides is 1. The molecule has 1 aliphatic rings. The Bertz CT molecular complexity index is 253. The molecule has 0 spiro atoms. The molecule has 0 saturated heterocycles. The van der Waals surface area contributed by atoms with Crippen LogP contribution in [-0.4, -0.2) is 29.7 Å². The lowest BCUT2D eigenvalue weighted by molar-refractivity contribution is -0.129. The van der Waals surface area contributed by atoms with Crippen molar-refractivity contribution in [2.24, 2.45) is 17.1 Å². The molecule has 4 nitrogen and oxygen atoms in total. The van der Waals surface area contributed by atoms with Crippen molar-refractivity contribution in [3.8, 4) is 0 Å². The minimum atomic E-state index is -0.291. The van der Waals surface area contributed by atoms with E-state index in [0.29, 0.717) is 25.3 Å². The standard InChI is InChI=1S/C12H24N2O2/c1-8(7-13)4-5-11(16)14-9-6-10(15)12(9,2)3/h8-10,15H,4-7,13H2,1-3H3,(H,14,16). The topological polar surface area (TPSA) is 75.4 Å². The fourth-order valence-electron chi connectivity index (χ4n) is 1.91. The fraction of sp³-hybridized carbons (Fsp3) is 0.917. The average Bonchev–Trinajstić information content (AvgIpc) is 2.25. The van der Waals surface area contributed by atoms with Crippen LogP contribution in [0.5, 0.6) is 0 Å². The summed E-state index contributed by atoms with van der Waals surface area (Å²) in [6, 6.07) is 0.114. The molecule has 94 valence electrons. The molecule has 0 aromatic heterocycles. The third-order valence-electron chi connectivity index (χ3n) is 3.82. The minimum absolute atomic E-state index is 0.0743. The van der Waals surface area contributed by atoms with Crippen molar-refractivity contribution in [1.82, 2.24) is 5.32 Å². The Morgan fingerprint density at radius 1 is 1.62 bits per heavy atom. The van der Waals surface area contributed by atoms with Gasteiger partial charge in [-0.05, 0) is 25.3 Å². The highest BCUT2D eigenvalue weighted by Crippen LogP contribution is 2.40. The number of aliphatic hydroxyl groups excluding tert-OH is 1. The van der Waals surface area contributed by atoms with Crippen molar-refractivity contribution in [2.45, 2.75) is 52.2 Å². The van der Waals surface area contributed by atoms with Crippen LogP contribution < -0.4 is 11.1 Å². The maximum Gasteiger partial charge on any atom is 0.220 e. The zero-order valence-corrected chi connectivity index (χ0v) is 10.5. The number of rotatable bonds is 5. The molecule has 0 aromatic carbocycles. The molecule has 1 amide bonds. The molecule has 16 heavy (non-hydrogen) atoms. The van der Waals surface area contributed by atoms with Gasteiger partial charge in [-0.2, -0.15) is 0 Å². The Morgan fingerprint density at radius 3 is 2.69 bits per heavy atom. The first-order valence-electron chi connectivity index (χ1n) is 6.05. The van der Waals surface area contributed by atoms with E-state index in [4.69, 9.17) is 5.73 Å². The second-order valence-corrected chi connectivity index (χ2v) is 5.57. The number of nitrogens with two attached hydrogens (primary N) is 1. The van der Waals surface area contributed by atoms with Crippen molar-refractivity contribution in [3.05, 3.63) is 0 Å². The van der Waals surface area contributed by atoms with Crippen molar-refractivity contribution in [1.29, 1.82) is 0 Å². The Labute approximate surface area is 97.6 Å². The summed E-state index contributed by atoms with van der Waals surface area (Å²) in [5.74, 6) is 0.469. The van der Waals surface area contributed by atoms with E-state index in [-0.39, 0.29) is 23.5 Å². The van der Waals surface area contributed by atoms with Crippen LogP contribution in [-0.2, 0) is 4.79 Å². The molecule has 3 atom stereocenters. The molecular formula is C12H24N2O2. The van der Waals surface area contributed by atoms with Gasteiger partial charge >= 0.3 is 0 Å². The van der Waals surface area contributed by atoms with Crippen LogP contribution >= 0.6 is 0 Å². The van der Waals surface area contributed by atoms with Crippen LogP contribution in [0.1, 0.15) is 40.0 Å². The summed E-state index contributed by atoms with van der Waals surface area (Å²) in [5.41, 5.74) is 5.31. The summed E-state index contributed by atoms with van der Waals surface area (Å²) in [6.45, 7) is 6.63. The summed E-state index contributed by atoms with van der Waals surface area (Å²) < 4.78 is 0. The minimum Gasteiger partial charge on any atom is -0.392 e. The zero-order chi connectivity index (χ0) is 12.3. The van der Waals surface area contributed by atoms with Gasteiger partial charge in [-0.3, -0.25) is 4.79 Å². The number of hydrogen-bond donors (Lipinski definition) is 3. The second-order valence-electron chi connectivity index (χ2n) is 5.57. The maximum absolute atomic E-state index is 11.6. The first kappa shape index (κ1) is 13.5. The number of hydrogen-bond acceptors (Lipinski definition) is 3. The van der Waals surface area contributed by atoms with E-state index in [0.717, 1.165) is 6.42 Å². The molecule has 1 saturated carbocycles. The first-order chi connectivity index (χ1) is 7.37. The van der Waals surface area contributed by atoms with Gasteiger partial charge in [0.15, 0.2) is 0 Å². The van der Waals surface area contributed by atoms with Gasteiger partial charge in [0.25, 0.3) is 0 Å². The second kappa shape index (κ2) is 5.15. The van der Waals surface area contributed by atoms with Gasteiger partial charge in [-0.15, -0.1) is 0 Å². The van der Waals surface area contributed by atoms with Crippen LogP contribution in [0.3, 0.4) is 0 Å². The van der Waals surface area contributed by atoms with Crippen LogP contribution in [0, 0.1) is 11.3 Å². The molecule has 1 fully saturated rings. The zero-order valence-electron chi connectivity index (χ0n) is 10.5. The molecule has 3 unspecified atom stereocenters. The monoisotopic (exact) mass is 228 g/mol. The SMILES string of the molecule is CC(CN)CCC(=O)NC1CC(O)C1(C)C. The van der Waals surface area contributed by atoms with Gasteiger partial charge in [0.2, 0.25) is 5.91 Å². The van der Waals surface area contributed by atoms with Gasteiger partial charge in [-0.1, -0.05) is 20.8 Å². The van der Waals surface area contributed by atoms with E-state index in [2.05, 4.69) is 5.32 Å². The van der Waals surface area contributed by atoms with Crippen LogP contribution in [0.4, 0.5) is 0 Å². The number of aliphatic hydroxyl groups is 1. The highest BCUT2D eigenvalue weighted by molar-refractivity contribution is 5.76. The van der Waals surface area contributed by atoms with Gasteiger partial charge in [0, 0.05) is 17.9 Å². The smallest absolute Gasteiger partial charge is 0.220 e. The number of carbonyl (C=O) groups is 1. The molecular weight excluding hydrogens is 204 g/mol. The highest BCUT2D eigenvalue weighted by atomic mass is 16.3. The number of nitrogens with one attached hydrogen (secondary N) is 1. The Balaban J connectivity index is 2.26. The molecule has 0 aromatic rings. The quantitative estimate of drug-likeness (QED) is 0.646. The maximum atomic E-state index is 11.6. The van der Waals surface area contributed by atoms with Crippen LogP contribution in [0.25, 0.3) is 0 Å². The van der Waals surface area contributed by atoms with E-state index in [1.165, 1.54) is 0 Å². The van der Waals surface area contributed by atoms with E-state index >= 15 is 0 Å². The Hall–Kier alpha value is -0.610. The van der Waals surface area contributed by atoms with Crippen molar-refractivity contribution in [2.75, 3.05) is 6.54 Å². The predicted octanol–water partition coefficient (Wildman–Crippen LogP) is 0.637. The highest BCUT2D eigenvalue weighted by Gasteiger charge is 2.47. The van der Waals surface area contributed by atoms with Crippen molar-refractivity contribution >= 4 is 5.91 Å². The third-order valence-corrected chi connectivity index (χ3v) is 3.82. The summed E-state index contributed by atoms with van der Waals surface area (Å²) in [6.07, 6.45) is 1.74. The predicted molar refractivity (Wildman–Crippen MR) is 63.8 cm³/mol.